The van der Waals surface area contributed by atoms with E-state index in [9.17, 15) is 0 Å². The highest BCUT2D eigenvalue weighted by molar-refractivity contribution is 7.81. The van der Waals surface area contributed by atoms with Crippen LogP contribution in [0.2, 0.25) is 0 Å². The van der Waals surface area contributed by atoms with Gasteiger partial charge in [-0.15, -0.1) is 12.6 Å². The Morgan fingerprint density at radius 2 is 2.00 bits per heavy atom. The van der Waals surface area contributed by atoms with Crippen molar-refractivity contribution >= 4 is 12.6 Å². The molecule has 0 saturated carbocycles. The molecular formula is C5H10O2S. The van der Waals surface area contributed by atoms with Crippen molar-refractivity contribution in [2.45, 2.75) is 18.5 Å². The molecular weight excluding hydrogens is 124 g/mol. The van der Waals surface area contributed by atoms with Crippen LogP contribution in [0.4, 0.5) is 0 Å². The predicted octanol–water partition coefficient (Wildman–Crippen LogP) is 1.03. The highest BCUT2D eigenvalue weighted by Gasteiger charge is 2.29. The summed E-state index contributed by atoms with van der Waals surface area (Å²) in [6.07, 6.45) is 0.802. The zero-order chi connectivity index (χ0) is 6.04. The molecule has 0 aliphatic carbocycles. The summed E-state index contributed by atoms with van der Waals surface area (Å²) in [5, 5.41) is -0.569. The van der Waals surface area contributed by atoms with Crippen molar-refractivity contribution in [3.05, 3.63) is 0 Å². The van der Waals surface area contributed by atoms with Gasteiger partial charge in [-0.3, -0.25) is 0 Å². The lowest BCUT2D eigenvalue weighted by molar-refractivity contribution is -0.0756. The molecule has 1 rings (SSSR count). The molecule has 1 aliphatic heterocycles. The maximum atomic E-state index is 5.13. The Labute approximate surface area is 54.6 Å². The number of thiol groups is 1. The Balaban J connectivity index is 2.40. The molecule has 0 atom stereocenters. The molecule has 0 unspecified atom stereocenters. The van der Waals surface area contributed by atoms with E-state index in [-0.39, 0.29) is 0 Å². The van der Waals surface area contributed by atoms with Gasteiger partial charge in [-0.2, -0.15) is 0 Å². The highest BCUT2D eigenvalue weighted by atomic mass is 32.1. The van der Waals surface area contributed by atoms with Gasteiger partial charge in [0, 0.05) is 6.42 Å². The van der Waals surface area contributed by atoms with Crippen LogP contribution in [-0.4, -0.2) is 18.3 Å². The first-order chi connectivity index (χ1) is 3.77. The molecule has 2 nitrogen and oxygen atoms in total. The average Bonchev–Trinajstić information content (AvgIpc) is 2.17. The van der Waals surface area contributed by atoms with E-state index in [4.69, 9.17) is 9.47 Å². The van der Waals surface area contributed by atoms with E-state index in [2.05, 4.69) is 12.6 Å². The van der Waals surface area contributed by atoms with Gasteiger partial charge in [0.1, 0.15) is 0 Å². The topological polar surface area (TPSA) is 18.5 Å². The Morgan fingerprint density at radius 1 is 1.50 bits per heavy atom. The zero-order valence-corrected chi connectivity index (χ0v) is 5.78. The fourth-order valence-electron chi connectivity index (χ4n) is 0.648. The Hall–Kier alpha value is 0.270. The minimum Gasteiger partial charge on any atom is -0.339 e. The summed E-state index contributed by atoms with van der Waals surface area (Å²) in [7, 11) is 0. The lowest BCUT2D eigenvalue weighted by Gasteiger charge is -2.17. The highest BCUT2D eigenvalue weighted by Crippen LogP contribution is 2.26. The summed E-state index contributed by atoms with van der Waals surface area (Å²) in [5.74, 6) is 0. The monoisotopic (exact) mass is 134 g/mol. The minimum absolute atomic E-state index is 0.569. The maximum absolute atomic E-state index is 5.13. The van der Waals surface area contributed by atoms with Gasteiger partial charge in [-0.05, 0) is 0 Å². The fraction of sp³-hybridized carbons (Fsp3) is 1.00. The predicted molar refractivity (Wildman–Crippen MR) is 33.9 cm³/mol. The van der Waals surface area contributed by atoms with Gasteiger partial charge in [-0.25, -0.2) is 0 Å². The van der Waals surface area contributed by atoms with E-state index in [0.717, 1.165) is 6.42 Å². The van der Waals surface area contributed by atoms with E-state index in [1.54, 1.807) is 0 Å². The van der Waals surface area contributed by atoms with Gasteiger partial charge in [0.25, 0.3) is 0 Å². The van der Waals surface area contributed by atoms with E-state index in [1.165, 1.54) is 0 Å². The first kappa shape index (κ1) is 6.39. The molecule has 0 N–H and O–H groups in total. The van der Waals surface area contributed by atoms with E-state index < -0.39 is 5.12 Å². The molecule has 3 heteroatoms. The van der Waals surface area contributed by atoms with E-state index >= 15 is 0 Å². The molecule has 1 heterocycles. The van der Waals surface area contributed by atoms with Gasteiger partial charge in [-0.1, -0.05) is 6.92 Å². The smallest absolute Gasteiger partial charge is 0.215 e. The van der Waals surface area contributed by atoms with Gasteiger partial charge < -0.3 is 9.47 Å². The third-order valence-electron chi connectivity index (χ3n) is 1.19. The van der Waals surface area contributed by atoms with Gasteiger partial charge in [0.2, 0.25) is 5.12 Å². The Morgan fingerprint density at radius 3 is 2.25 bits per heavy atom. The lowest BCUT2D eigenvalue weighted by atomic mass is 10.5. The third kappa shape index (κ3) is 1.16. The average molecular weight is 134 g/mol. The summed E-state index contributed by atoms with van der Waals surface area (Å²) < 4.78 is 10.3. The fourth-order valence-corrected chi connectivity index (χ4v) is 0.831. The largest absolute Gasteiger partial charge is 0.339 e. The normalized spacial score (nSPS) is 26.2. The Bertz CT molecular complexity index is 78.5. The quantitative estimate of drug-likeness (QED) is 0.540. The summed E-state index contributed by atoms with van der Waals surface area (Å²) >= 11 is 4.14. The standard InChI is InChI=1S/C5H10O2S/c1-2-5(8)6-3-4-7-5/h8H,2-4H2,1H3. The summed E-state index contributed by atoms with van der Waals surface area (Å²) in [4.78, 5) is 0. The summed E-state index contributed by atoms with van der Waals surface area (Å²) in [6, 6.07) is 0. The van der Waals surface area contributed by atoms with Crippen LogP contribution in [-0.2, 0) is 9.47 Å². The van der Waals surface area contributed by atoms with Crippen LogP contribution in [0, 0.1) is 0 Å². The van der Waals surface area contributed by atoms with Crippen LogP contribution in [0.3, 0.4) is 0 Å². The van der Waals surface area contributed by atoms with Crippen LogP contribution in [0.25, 0.3) is 0 Å². The third-order valence-corrected chi connectivity index (χ3v) is 1.76. The molecule has 8 heavy (non-hydrogen) atoms. The number of hydrogen-bond donors (Lipinski definition) is 1. The number of rotatable bonds is 1. The molecule has 1 saturated heterocycles. The van der Waals surface area contributed by atoms with Crippen molar-refractivity contribution in [2.75, 3.05) is 13.2 Å². The van der Waals surface area contributed by atoms with Gasteiger partial charge in [0.05, 0.1) is 13.2 Å². The molecule has 0 amide bonds. The zero-order valence-electron chi connectivity index (χ0n) is 4.89. The molecule has 0 aromatic carbocycles. The van der Waals surface area contributed by atoms with Crippen LogP contribution in [0.5, 0.6) is 0 Å². The number of hydrogen-bond acceptors (Lipinski definition) is 3. The van der Waals surface area contributed by atoms with Crippen LogP contribution in [0.1, 0.15) is 13.3 Å². The first-order valence-corrected chi connectivity index (χ1v) is 3.22. The molecule has 48 valence electrons. The molecule has 0 spiro atoms. The molecule has 1 aliphatic rings. The second-order valence-corrected chi connectivity index (χ2v) is 2.44. The molecule has 0 bridgehead atoms. The van der Waals surface area contributed by atoms with Gasteiger partial charge >= 0.3 is 0 Å². The maximum Gasteiger partial charge on any atom is 0.215 e. The molecule has 1 fully saturated rings. The van der Waals surface area contributed by atoms with Crippen LogP contribution < -0.4 is 0 Å². The summed E-state index contributed by atoms with van der Waals surface area (Å²) in [6.45, 7) is 3.34. The molecule has 0 radical (unpaired) electrons. The van der Waals surface area contributed by atoms with Crippen LogP contribution >= 0.6 is 12.6 Å². The second kappa shape index (κ2) is 2.25. The lowest BCUT2D eigenvalue weighted by Crippen LogP contribution is -2.19. The van der Waals surface area contributed by atoms with Crippen molar-refractivity contribution in [1.29, 1.82) is 0 Å². The molecule has 0 aromatic rings. The van der Waals surface area contributed by atoms with Crippen molar-refractivity contribution in [3.63, 3.8) is 0 Å². The van der Waals surface area contributed by atoms with Crippen molar-refractivity contribution in [1.82, 2.24) is 0 Å². The SMILES string of the molecule is CCC1(S)OCCO1. The van der Waals surface area contributed by atoms with E-state index in [0.29, 0.717) is 13.2 Å². The van der Waals surface area contributed by atoms with Crippen molar-refractivity contribution < 1.29 is 9.47 Å². The van der Waals surface area contributed by atoms with Gasteiger partial charge in [0.15, 0.2) is 0 Å². The van der Waals surface area contributed by atoms with Crippen LogP contribution in [0.15, 0.2) is 0 Å². The first-order valence-electron chi connectivity index (χ1n) is 2.77. The van der Waals surface area contributed by atoms with E-state index in [1.807, 2.05) is 6.92 Å². The summed E-state index contributed by atoms with van der Waals surface area (Å²) in [5.41, 5.74) is 0. The Kier molecular flexibility index (Phi) is 1.80. The second-order valence-electron chi connectivity index (χ2n) is 1.76. The minimum atomic E-state index is -0.569. The molecule has 0 aromatic heterocycles. The number of ether oxygens (including phenoxy) is 2. The van der Waals surface area contributed by atoms with Crippen molar-refractivity contribution in [3.8, 4) is 0 Å². The van der Waals surface area contributed by atoms with Crippen molar-refractivity contribution in [2.24, 2.45) is 0 Å².